The Labute approximate surface area is 201 Å². The number of carbonyl (C=O) groups is 2. The summed E-state index contributed by atoms with van der Waals surface area (Å²) in [5.74, 6) is 1.01. The van der Waals surface area contributed by atoms with Gasteiger partial charge in [0.1, 0.15) is 12.4 Å². The summed E-state index contributed by atoms with van der Waals surface area (Å²) < 4.78 is 12.5. The van der Waals surface area contributed by atoms with Gasteiger partial charge in [-0.1, -0.05) is 42.1 Å². The van der Waals surface area contributed by atoms with Crippen molar-refractivity contribution < 1.29 is 19.1 Å². The molecule has 0 unspecified atom stereocenters. The van der Waals surface area contributed by atoms with E-state index in [4.69, 9.17) is 4.74 Å². The highest BCUT2D eigenvalue weighted by Gasteiger charge is 2.13. The van der Waals surface area contributed by atoms with Gasteiger partial charge in [0, 0.05) is 12.7 Å². The maximum Gasteiger partial charge on any atom is 0.337 e. The first kappa shape index (κ1) is 23.3. The van der Waals surface area contributed by atoms with Crippen LogP contribution in [-0.4, -0.2) is 39.5 Å². The van der Waals surface area contributed by atoms with Crippen molar-refractivity contribution >= 4 is 40.1 Å². The molecule has 0 aliphatic heterocycles. The van der Waals surface area contributed by atoms with Gasteiger partial charge in [-0.3, -0.25) is 4.79 Å². The van der Waals surface area contributed by atoms with Crippen molar-refractivity contribution in [2.75, 3.05) is 18.2 Å². The molecule has 174 valence electrons. The van der Waals surface area contributed by atoms with Gasteiger partial charge in [-0.15, -0.1) is 10.2 Å². The number of rotatable bonds is 8. The molecule has 1 amide bonds. The Kier molecular flexibility index (Phi) is 7.12. The molecular formula is C25H24N4O4S. The van der Waals surface area contributed by atoms with Crippen molar-refractivity contribution in [3.05, 3.63) is 77.6 Å². The Morgan fingerprint density at radius 1 is 1.03 bits per heavy atom. The molecule has 0 bridgehead atoms. The van der Waals surface area contributed by atoms with Crippen LogP contribution in [0.15, 0.2) is 65.8 Å². The number of carbonyl (C=O) groups excluding carboxylic acids is 2. The van der Waals surface area contributed by atoms with Crippen LogP contribution in [0.25, 0.3) is 10.8 Å². The summed E-state index contributed by atoms with van der Waals surface area (Å²) in [6, 6.07) is 18.7. The molecule has 0 aliphatic carbocycles. The van der Waals surface area contributed by atoms with Crippen molar-refractivity contribution in [2.45, 2.75) is 18.7 Å². The summed E-state index contributed by atoms with van der Waals surface area (Å²) in [5.41, 5.74) is 2.09. The fourth-order valence-electron chi connectivity index (χ4n) is 3.44. The number of fused-ring (bicyclic) bond motifs is 1. The van der Waals surface area contributed by atoms with Crippen molar-refractivity contribution in [3.63, 3.8) is 0 Å². The molecule has 4 rings (SSSR count). The Bertz CT molecular complexity index is 1330. The summed E-state index contributed by atoms with van der Waals surface area (Å²) in [6.07, 6.45) is 0. The van der Waals surface area contributed by atoms with Gasteiger partial charge in [-0.05, 0) is 53.6 Å². The average Bonchev–Trinajstić information content (AvgIpc) is 3.21. The predicted molar refractivity (Wildman–Crippen MR) is 131 cm³/mol. The number of amides is 1. The maximum absolute atomic E-state index is 12.3. The predicted octanol–water partition coefficient (Wildman–Crippen LogP) is 4.37. The molecule has 0 aliphatic rings. The SMILES string of the molecule is COC(=O)c1ccc(NC(=O)CSc2nnc(COc3ccc4ccccc4c3C)n2C)cc1. The molecule has 9 heteroatoms. The number of nitrogens with zero attached hydrogens (tertiary/aromatic N) is 3. The number of hydrogen-bond donors (Lipinski definition) is 1. The van der Waals surface area contributed by atoms with E-state index in [1.54, 1.807) is 24.3 Å². The zero-order valence-corrected chi connectivity index (χ0v) is 19.9. The topological polar surface area (TPSA) is 95.3 Å². The molecule has 3 aromatic carbocycles. The molecule has 0 saturated carbocycles. The number of benzene rings is 3. The van der Waals surface area contributed by atoms with Gasteiger partial charge < -0.3 is 19.4 Å². The number of methoxy groups -OCH3 is 1. The van der Waals surface area contributed by atoms with Gasteiger partial charge in [0.2, 0.25) is 5.91 Å². The Balaban J connectivity index is 1.32. The Hall–Kier alpha value is -3.85. The third-order valence-corrected chi connectivity index (χ3v) is 6.37. The summed E-state index contributed by atoms with van der Waals surface area (Å²) in [4.78, 5) is 23.8. The van der Waals surface area contributed by atoms with Crippen LogP contribution in [0.1, 0.15) is 21.7 Å². The van der Waals surface area contributed by atoms with Gasteiger partial charge >= 0.3 is 5.97 Å². The molecule has 0 spiro atoms. The molecular weight excluding hydrogens is 452 g/mol. The van der Waals surface area contributed by atoms with Crippen LogP contribution in [0.5, 0.6) is 5.75 Å². The zero-order valence-electron chi connectivity index (χ0n) is 19.1. The monoisotopic (exact) mass is 476 g/mol. The van der Waals surface area contributed by atoms with Crippen LogP contribution in [0, 0.1) is 6.92 Å². The maximum atomic E-state index is 12.3. The molecule has 1 aromatic heterocycles. The summed E-state index contributed by atoms with van der Waals surface area (Å²) in [5, 5.41) is 14.1. The molecule has 0 radical (unpaired) electrons. The molecule has 1 N–H and O–H groups in total. The average molecular weight is 477 g/mol. The van der Waals surface area contributed by atoms with E-state index in [1.165, 1.54) is 24.3 Å². The second-order valence-electron chi connectivity index (χ2n) is 7.56. The largest absolute Gasteiger partial charge is 0.485 e. The third kappa shape index (κ3) is 5.20. The lowest BCUT2D eigenvalue weighted by Crippen LogP contribution is -2.14. The van der Waals surface area contributed by atoms with E-state index in [0.717, 1.165) is 16.7 Å². The van der Waals surface area contributed by atoms with E-state index in [1.807, 2.05) is 42.8 Å². The van der Waals surface area contributed by atoms with Crippen LogP contribution in [0.4, 0.5) is 5.69 Å². The third-order valence-electron chi connectivity index (χ3n) is 5.35. The van der Waals surface area contributed by atoms with Gasteiger partial charge in [-0.25, -0.2) is 4.79 Å². The number of ether oxygens (including phenoxy) is 2. The minimum Gasteiger partial charge on any atom is -0.485 e. The minimum absolute atomic E-state index is 0.162. The van der Waals surface area contributed by atoms with Crippen LogP contribution in [0.2, 0.25) is 0 Å². The van der Waals surface area contributed by atoms with E-state index < -0.39 is 5.97 Å². The Morgan fingerprint density at radius 3 is 2.56 bits per heavy atom. The highest BCUT2D eigenvalue weighted by molar-refractivity contribution is 7.99. The van der Waals surface area contributed by atoms with Gasteiger partial charge in [0.05, 0.1) is 18.4 Å². The minimum atomic E-state index is -0.425. The highest BCUT2D eigenvalue weighted by Crippen LogP contribution is 2.28. The summed E-state index contributed by atoms with van der Waals surface area (Å²) in [7, 11) is 3.17. The van der Waals surface area contributed by atoms with Gasteiger partial charge in [0.15, 0.2) is 11.0 Å². The Morgan fingerprint density at radius 2 is 1.79 bits per heavy atom. The normalized spacial score (nSPS) is 10.8. The van der Waals surface area contributed by atoms with Crippen molar-refractivity contribution in [1.82, 2.24) is 14.8 Å². The van der Waals surface area contributed by atoms with Crippen LogP contribution >= 0.6 is 11.8 Å². The first-order valence-corrected chi connectivity index (χ1v) is 11.5. The van der Waals surface area contributed by atoms with Crippen molar-refractivity contribution in [3.8, 4) is 5.75 Å². The van der Waals surface area contributed by atoms with E-state index in [2.05, 4.69) is 32.4 Å². The molecule has 1 heterocycles. The first-order chi connectivity index (χ1) is 16.5. The highest BCUT2D eigenvalue weighted by atomic mass is 32.2. The number of esters is 1. The van der Waals surface area contributed by atoms with Crippen LogP contribution < -0.4 is 10.1 Å². The smallest absolute Gasteiger partial charge is 0.337 e. The van der Waals surface area contributed by atoms with Gasteiger partial charge in [-0.2, -0.15) is 0 Å². The second-order valence-corrected chi connectivity index (χ2v) is 8.50. The molecule has 0 saturated heterocycles. The van der Waals surface area contributed by atoms with Crippen molar-refractivity contribution in [1.29, 1.82) is 0 Å². The van der Waals surface area contributed by atoms with Crippen molar-refractivity contribution in [2.24, 2.45) is 7.05 Å². The number of aromatic nitrogens is 3. The zero-order chi connectivity index (χ0) is 24.1. The fraction of sp³-hybridized carbons (Fsp3) is 0.200. The fourth-order valence-corrected chi connectivity index (χ4v) is 4.17. The summed E-state index contributed by atoms with van der Waals surface area (Å²) >= 11 is 1.28. The van der Waals surface area contributed by atoms with E-state index >= 15 is 0 Å². The number of nitrogens with one attached hydrogen (secondary N) is 1. The quantitative estimate of drug-likeness (QED) is 0.298. The molecule has 34 heavy (non-hydrogen) atoms. The number of thioether (sulfide) groups is 1. The van der Waals surface area contributed by atoms with Crippen LogP contribution in [-0.2, 0) is 23.2 Å². The molecule has 0 atom stereocenters. The van der Waals surface area contributed by atoms with E-state index in [0.29, 0.717) is 22.2 Å². The molecule has 8 nitrogen and oxygen atoms in total. The number of aryl methyl sites for hydroxylation is 1. The number of hydrogen-bond acceptors (Lipinski definition) is 7. The summed E-state index contributed by atoms with van der Waals surface area (Å²) in [6.45, 7) is 2.30. The lowest BCUT2D eigenvalue weighted by Gasteiger charge is -2.11. The molecule has 0 fully saturated rings. The van der Waals surface area contributed by atoms with E-state index in [-0.39, 0.29) is 18.3 Å². The standard InChI is InChI=1S/C25H24N4O4S/c1-16-20-7-5-4-6-17(20)10-13-21(16)33-14-22-27-28-25(29(22)2)34-15-23(30)26-19-11-8-18(9-12-19)24(31)32-3/h4-13H,14-15H2,1-3H3,(H,26,30). The first-order valence-electron chi connectivity index (χ1n) is 10.6. The van der Waals surface area contributed by atoms with E-state index in [9.17, 15) is 9.59 Å². The lowest BCUT2D eigenvalue weighted by molar-refractivity contribution is -0.113. The molecule has 4 aromatic rings. The lowest BCUT2D eigenvalue weighted by atomic mass is 10.0. The second kappa shape index (κ2) is 10.4. The van der Waals surface area contributed by atoms with Crippen LogP contribution in [0.3, 0.4) is 0 Å². The number of anilines is 1. The van der Waals surface area contributed by atoms with Gasteiger partial charge in [0.25, 0.3) is 0 Å².